The van der Waals surface area contributed by atoms with Crippen molar-refractivity contribution in [3.05, 3.63) is 78.4 Å². The minimum absolute atomic E-state index is 0.117. The minimum atomic E-state index is -3.34. The number of hydrogen-bond donors (Lipinski definition) is 2. The first-order valence-corrected chi connectivity index (χ1v) is 12.3. The number of rotatable bonds is 6. The van der Waals surface area contributed by atoms with E-state index in [4.69, 9.17) is 12.2 Å². The Morgan fingerprint density at radius 3 is 2.45 bits per heavy atom. The number of thiocarbonyl (C=S) groups is 1. The van der Waals surface area contributed by atoms with Crippen molar-refractivity contribution in [1.82, 2.24) is 14.9 Å². The molecule has 9 heteroatoms. The summed E-state index contributed by atoms with van der Waals surface area (Å²) in [7, 11) is -3.34. The summed E-state index contributed by atoms with van der Waals surface area (Å²) in [6, 6.07) is 17.3. The molecule has 0 unspecified atom stereocenters. The quantitative estimate of drug-likeness (QED) is 0.547. The summed E-state index contributed by atoms with van der Waals surface area (Å²) < 4.78 is 27.8. The van der Waals surface area contributed by atoms with E-state index in [9.17, 15) is 8.42 Å². The number of nitrogens with one attached hydrogen (secondary N) is 2. The highest BCUT2D eigenvalue weighted by Crippen LogP contribution is 2.42. The second-order valence-corrected chi connectivity index (χ2v) is 9.99. The van der Waals surface area contributed by atoms with Gasteiger partial charge >= 0.3 is 0 Å². The van der Waals surface area contributed by atoms with Crippen LogP contribution in [0, 0.1) is 0 Å². The number of anilines is 2. The van der Waals surface area contributed by atoms with E-state index in [1.54, 1.807) is 18.3 Å². The monoisotopic (exact) mass is 455 g/mol. The predicted octanol–water partition coefficient (Wildman–Crippen LogP) is 4.01. The molecule has 1 saturated heterocycles. The molecular formula is C22H25N5O2S2. The molecule has 1 aromatic carbocycles. The summed E-state index contributed by atoms with van der Waals surface area (Å²) in [5.41, 5.74) is 3.41. The first kappa shape index (κ1) is 21.3. The van der Waals surface area contributed by atoms with Crippen LogP contribution >= 0.6 is 12.2 Å². The summed E-state index contributed by atoms with van der Waals surface area (Å²) in [5, 5.41) is 4.04. The first-order valence-electron chi connectivity index (χ1n) is 10.00. The molecule has 1 fully saturated rings. The Balaban J connectivity index is 1.78. The van der Waals surface area contributed by atoms with Gasteiger partial charge in [0, 0.05) is 35.5 Å². The molecule has 0 bridgehead atoms. The topological polar surface area (TPSA) is 79.3 Å². The molecule has 0 spiro atoms. The van der Waals surface area contributed by atoms with Gasteiger partial charge in [-0.05, 0) is 74.6 Å². The molecule has 2 aromatic heterocycles. The van der Waals surface area contributed by atoms with Crippen molar-refractivity contribution in [1.29, 1.82) is 0 Å². The van der Waals surface area contributed by atoms with Gasteiger partial charge < -0.3 is 14.8 Å². The van der Waals surface area contributed by atoms with E-state index in [0.717, 1.165) is 23.3 Å². The second-order valence-electron chi connectivity index (χ2n) is 7.85. The number of pyridine rings is 1. The molecule has 0 amide bonds. The van der Waals surface area contributed by atoms with Crippen molar-refractivity contribution in [2.24, 2.45) is 0 Å². The Kier molecular flexibility index (Phi) is 5.72. The Bertz CT molecular complexity index is 1170. The van der Waals surface area contributed by atoms with Crippen LogP contribution in [0.15, 0.2) is 67.0 Å². The lowest BCUT2D eigenvalue weighted by atomic mass is 10.0. The third-order valence-electron chi connectivity index (χ3n) is 5.22. The fourth-order valence-corrected chi connectivity index (χ4v) is 4.88. The summed E-state index contributed by atoms with van der Waals surface area (Å²) in [6.07, 6.45) is 5.00. The standard InChI is InChI=1S/C22H25N5O2S2/c1-15(2)26-14-6-8-19(26)21-20(18-7-4-5-13-23-18)24-22(30)27(21)17-11-9-16(10-12-17)25-31(3,28)29/h4-15,20-21,25H,1-3H3,(H,24,30)/t20-,21-/m1/s1. The Morgan fingerprint density at radius 1 is 1.10 bits per heavy atom. The van der Waals surface area contributed by atoms with Crippen LogP contribution in [0.3, 0.4) is 0 Å². The summed E-state index contributed by atoms with van der Waals surface area (Å²) in [6.45, 7) is 4.30. The van der Waals surface area contributed by atoms with Gasteiger partial charge in [-0.25, -0.2) is 8.42 Å². The lowest BCUT2D eigenvalue weighted by Gasteiger charge is -2.30. The summed E-state index contributed by atoms with van der Waals surface area (Å²) in [4.78, 5) is 6.65. The maximum absolute atomic E-state index is 11.5. The highest BCUT2D eigenvalue weighted by molar-refractivity contribution is 7.92. The largest absolute Gasteiger partial charge is 0.351 e. The molecule has 0 aliphatic carbocycles. The van der Waals surface area contributed by atoms with Crippen LogP contribution < -0.4 is 14.9 Å². The predicted molar refractivity (Wildman–Crippen MR) is 128 cm³/mol. The van der Waals surface area contributed by atoms with Crippen molar-refractivity contribution >= 4 is 38.7 Å². The average Bonchev–Trinajstić information content (AvgIpc) is 3.32. The molecule has 162 valence electrons. The van der Waals surface area contributed by atoms with E-state index in [1.165, 1.54) is 0 Å². The van der Waals surface area contributed by atoms with Gasteiger partial charge in [0.05, 0.1) is 18.0 Å². The van der Waals surface area contributed by atoms with E-state index in [-0.39, 0.29) is 18.1 Å². The van der Waals surface area contributed by atoms with Crippen molar-refractivity contribution < 1.29 is 8.42 Å². The fraction of sp³-hybridized carbons (Fsp3) is 0.273. The molecule has 2 atom stereocenters. The smallest absolute Gasteiger partial charge is 0.229 e. The average molecular weight is 456 g/mol. The van der Waals surface area contributed by atoms with E-state index >= 15 is 0 Å². The van der Waals surface area contributed by atoms with Crippen LogP contribution in [0.5, 0.6) is 0 Å². The van der Waals surface area contributed by atoms with Crippen molar-refractivity contribution in [2.45, 2.75) is 32.0 Å². The molecule has 31 heavy (non-hydrogen) atoms. The summed E-state index contributed by atoms with van der Waals surface area (Å²) in [5.74, 6) is 0. The minimum Gasteiger partial charge on any atom is -0.351 e. The zero-order valence-corrected chi connectivity index (χ0v) is 19.2. The second kappa shape index (κ2) is 8.32. The maximum Gasteiger partial charge on any atom is 0.229 e. The number of hydrogen-bond acceptors (Lipinski definition) is 4. The highest BCUT2D eigenvalue weighted by Gasteiger charge is 2.42. The molecule has 0 saturated carbocycles. The van der Waals surface area contributed by atoms with Gasteiger partial charge in [-0.1, -0.05) is 6.07 Å². The van der Waals surface area contributed by atoms with Gasteiger partial charge in [-0.3, -0.25) is 9.71 Å². The molecule has 3 aromatic rings. The Labute approximate surface area is 188 Å². The van der Waals surface area contributed by atoms with Crippen LogP contribution in [0.1, 0.15) is 43.4 Å². The van der Waals surface area contributed by atoms with E-state index in [0.29, 0.717) is 10.8 Å². The molecule has 4 rings (SSSR count). The molecule has 1 aliphatic rings. The van der Waals surface area contributed by atoms with E-state index < -0.39 is 10.0 Å². The van der Waals surface area contributed by atoms with Crippen LogP contribution in [0.25, 0.3) is 0 Å². The van der Waals surface area contributed by atoms with E-state index in [1.807, 2.05) is 36.4 Å². The highest BCUT2D eigenvalue weighted by atomic mass is 32.2. The first-order chi connectivity index (χ1) is 14.7. The van der Waals surface area contributed by atoms with Crippen LogP contribution in [0.2, 0.25) is 0 Å². The SMILES string of the molecule is CC(C)n1cccc1[C@@H]1[C@@H](c2ccccn2)NC(=S)N1c1ccc(NS(C)(=O)=O)cc1. The van der Waals surface area contributed by atoms with Gasteiger partial charge in [0.1, 0.15) is 6.04 Å². The lowest BCUT2D eigenvalue weighted by molar-refractivity contribution is 0.497. The zero-order chi connectivity index (χ0) is 22.2. The van der Waals surface area contributed by atoms with Gasteiger partial charge in [0.15, 0.2) is 5.11 Å². The van der Waals surface area contributed by atoms with Gasteiger partial charge in [0.25, 0.3) is 0 Å². The Hall–Kier alpha value is -2.91. The van der Waals surface area contributed by atoms with Crippen molar-refractivity contribution in [2.75, 3.05) is 15.9 Å². The van der Waals surface area contributed by atoms with Gasteiger partial charge in [-0.2, -0.15) is 0 Å². The van der Waals surface area contributed by atoms with E-state index in [2.05, 4.69) is 50.6 Å². The lowest BCUT2D eigenvalue weighted by Crippen LogP contribution is -2.30. The van der Waals surface area contributed by atoms with Crippen LogP contribution in [-0.2, 0) is 10.0 Å². The summed E-state index contributed by atoms with van der Waals surface area (Å²) >= 11 is 5.75. The number of aromatic nitrogens is 2. The van der Waals surface area contributed by atoms with Gasteiger partial charge in [-0.15, -0.1) is 0 Å². The molecule has 7 nitrogen and oxygen atoms in total. The maximum atomic E-state index is 11.5. The normalized spacial score (nSPS) is 19.0. The number of sulfonamides is 1. The fourth-order valence-electron chi connectivity index (χ4n) is 3.97. The van der Waals surface area contributed by atoms with Crippen molar-refractivity contribution in [3.63, 3.8) is 0 Å². The van der Waals surface area contributed by atoms with Crippen molar-refractivity contribution in [3.8, 4) is 0 Å². The number of benzene rings is 1. The van der Waals surface area contributed by atoms with Gasteiger partial charge in [0.2, 0.25) is 10.0 Å². The molecule has 0 radical (unpaired) electrons. The third-order valence-corrected chi connectivity index (χ3v) is 6.14. The molecule has 3 heterocycles. The van der Waals surface area contributed by atoms with Crippen LogP contribution in [0.4, 0.5) is 11.4 Å². The molecular weight excluding hydrogens is 430 g/mol. The number of nitrogens with zero attached hydrogens (tertiary/aromatic N) is 3. The zero-order valence-electron chi connectivity index (χ0n) is 17.6. The third kappa shape index (κ3) is 4.42. The molecule has 1 aliphatic heterocycles. The molecule has 2 N–H and O–H groups in total. The van der Waals surface area contributed by atoms with Crippen LogP contribution in [-0.4, -0.2) is 29.3 Å². The Morgan fingerprint density at radius 2 is 1.84 bits per heavy atom.